The molecule has 0 aliphatic carbocycles. The molecule has 0 fully saturated rings. The Hall–Kier alpha value is -1.36. The van der Waals surface area contributed by atoms with E-state index in [0.29, 0.717) is 6.54 Å². The van der Waals surface area contributed by atoms with E-state index in [1.54, 1.807) is 6.20 Å². The maximum absolute atomic E-state index is 10.7. The van der Waals surface area contributed by atoms with Gasteiger partial charge in [-0.1, -0.05) is 0 Å². The Morgan fingerprint density at radius 3 is 2.73 bits per heavy atom. The van der Waals surface area contributed by atoms with Gasteiger partial charge in [0.25, 0.3) is 0 Å². The molecule has 1 aromatic rings. The number of carboxylic acids is 1. The highest BCUT2D eigenvalue weighted by Gasteiger charge is 2.15. The van der Waals surface area contributed by atoms with Crippen molar-refractivity contribution in [2.75, 3.05) is 6.54 Å². The molecule has 1 rings (SSSR count). The largest absolute Gasteiger partial charge is 0.480 e. The van der Waals surface area contributed by atoms with Crippen LogP contribution >= 0.6 is 0 Å². The zero-order valence-corrected chi connectivity index (χ0v) is 9.34. The summed E-state index contributed by atoms with van der Waals surface area (Å²) in [6.45, 7) is 4.57. The van der Waals surface area contributed by atoms with Crippen molar-refractivity contribution >= 4 is 5.97 Å². The van der Waals surface area contributed by atoms with E-state index in [2.05, 4.69) is 4.98 Å². The molecule has 1 aromatic heterocycles. The molecule has 0 saturated heterocycles. The topological polar surface area (TPSA) is 58.4 Å². The van der Waals surface area contributed by atoms with Crippen LogP contribution in [0.15, 0.2) is 12.4 Å². The molecule has 0 amide bonds. The molecule has 0 aliphatic rings. The minimum Gasteiger partial charge on any atom is -0.480 e. The van der Waals surface area contributed by atoms with Gasteiger partial charge in [-0.05, 0) is 13.8 Å². The van der Waals surface area contributed by atoms with Gasteiger partial charge in [-0.2, -0.15) is 0 Å². The van der Waals surface area contributed by atoms with Crippen LogP contribution in [0.5, 0.6) is 0 Å². The fraction of sp³-hybridized carbons (Fsp3) is 0.600. The van der Waals surface area contributed by atoms with Crippen molar-refractivity contribution in [2.24, 2.45) is 7.05 Å². The predicted octanol–water partition coefficient (Wildman–Crippen LogP) is 0.715. The molecule has 0 saturated carbocycles. The van der Waals surface area contributed by atoms with Crippen LogP contribution in [-0.2, 0) is 18.4 Å². The van der Waals surface area contributed by atoms with E-state index in [4.69, 9.17) is 5.11 Å². The second-order valence-corrected chi connectivity index (χ2v) is 3.85. The lowest BCUT2D eigenvalue weighted by Crippen LogP contribution is -2.35. The fourth-order valence-corrected chi connectivity index (χ4v) is 1.33. The van der Waals surface area contributed by atoms with Gasteiger partial charge in [0.2, 0.25) is 0 Å². The summed E-state index contributed by atoms with van der Waals surface area (Å²) in [5, 5.41) is 8.76. The first kappa shape index (κ1) is 11.7. The molecule has 5 heteroatoms. The third-order valence-corrected chi connectivity index (χ3v) is 2.33. The van der Waals surface area contributed by atoms with Gasteiger partial charge in [0.1, 0.15) is 5.82 Å². The summed E-state index contributed by atoms with van der Waals surface area (Å²) < 4.78 is 1.90. The number of carboxylic acid groups (broad SMARTS) is 1. The third-order valence-electron chi connectivity index (χ3n) is 2.33. The molecule has 0 aliphatic heterocycles. The Balaban J connectivity index is 2.67. The smallest absolute Gasteiger partial charge is 0.317 e. The molecule has 0 radical (unpaired) electrons. The highest BCUT2D eigenvalue weighted by atomic mass is 16.4. The first-order valence-electron chi connectivity index (χ1n) is 4.92. The SMILES string of the molecule is CC(C)N(CC(=O)O)Cc1nccn1C. The van der Waals surface area contributed by atoms with Crippen LogP contribution in [0, 0.1) is 0 Å². The average molecular weight is 211 g/mol. The number of aliphatic carboxylic acids is 1. The number of aryl methyl sites for hydroxylation is 1. The number of aromatic nitrogens is 2. The van der Waals surface area contributed by atoms with Crippen LogP contribution in [-0.4, -0.2) is 38.1 Å². The summed E-state index contributed by atoms with van der Waals surface area (Å²) >= 11 is 0. The van der Waals surface area contributed by atoms with Gasteiger partial charge in [-0.25, -0.2) is 4.98 Å². The fourth-order valence-electron chi connectivity index (χ4n) is 1.33. The number of carbonyl (C=O) groups is 1. The van der Waals surface area contributed by atoms with E-state index in [-0.39, 0.29) is 12.6 Å². The van der Waals surface area contributed by atoms with Gasteiger partial charge in [0.15, 0.2) is 0 Å². The first-order valence-corrected chi connectivity index (χ1v) is 4.92. The maximum atomic E-state index is 10.7. The van der Waals surface area contributed by atoms with Crippen molar-refractivity contribution in [1.82, 2.24) is 14.5 Å². The van der Waals surface area contributed by atoms with Crippen molar-refractivity contribution in [1.29, 1.82) is 0 Å². The number of hydrogen-bond acceptors (Lipinski definition) is 3. The number of nitrogens with zero attached hydrogens (tertiary/aromatic N) is 3. The van der Waals surface area contributed by atoms with Crippen LogP contribution in [0.3, 0.4) is 0 Å². The predicted molar refractivity (Wildman–Crippen MR) is 56.4 cm³/mol. The second-order valence-electron chi connectivity index (χ2n) is 3.85. The zero-order valence-electron chi connectivity index (χ0n) is 9.34. The maximum Gasteiger partial charge on any atom is 0.317 e. The zero-order chi connectivity index (χ0) is 11.4. The third kappa shape index (κ3) is 3.36. The number of imidazole rings is 1. The lowest BCUT2D eigenvalue weighted by atomic mass is 10.3. The molecule has 5 nitrogen and oxygen atoms in total. The molecule has 0 bridgehead atoms. The van der Waals surface area contributed by atoms with Crippen LogP contribution < -0.4 is 0 Å². The van der Waals surface area contributed by atoms with Crippen molar-refractivity contribution < 1.29 is 9.90 Å². The second kappa shape index (κ2) is 4.93. The first-order chi connectivity index (χ1) is 7.00. The van der Waals surface area contributed by atoms with Crippen LogP contribution in [0.1, 0.15) is 19.7 Å². The van der Waals surface area contributed by atoms with E-state index < -0.39 is 5.97 Å². The van der Waals surface area contributed by atoms with E-state index >= 15 is 0 Å². The summed E-state index contributed by atoms with van der Waals surface area (Å²) in [5.74, 6) is 0.0721. The normalized spacial score (nSPS) is 11.3. The van der Waals surface area contributed by atoms with E-state index in [1.165, 1.54) is 0 Å². The van der Waals surface area contributed by atoms with Crippen LogP contribution in [0.25, 0.3) is 0 Å². The summed E-state index contributed by atoms with van der Waals surface area (Å²) in [7, 11) is 1.90. The Morgan fingerprint density at radius 2 is 2.33 bits per heavy atom. The highest BCUT2D eigenvalue weighted by molar-refractivity contribution is 5.69. The van der Waals surface area contributed by atoms with Gasteiger partial charge >= 0.3 is 5.97 Å². The molecule has 0 aromatic carbocycles. The van der Waals surface area contributed by atoms with Crippen molar-refractivity contribution in [3.63, 3.8) is 0 Å². The highest BCUT2D eigenvalue weighted by Crippen LogP contribution is 2.05. The lowest BCUT2D eigenvalue weighted by Gasteiger charge is -2.23. The molecule has 0 unspecified atom stereocenters. The molecule has 15 heavy (non-hydrogen) atoms. The molecule has 0 atom stereocenters. The summed E-state index contributed by atoms with van der Waals surface area (Å²) in [5.41, 5.74) is 0. The molecular weight excluding hydrogens is 194 g/mol. The van der Waals surface area contributed by atoms with Gasteiger partial charge < -0.3 is 9.67 Å². The van der Waals surface area contributed by atoms with Crippen LogP contribution in [0.2, 0.25) is 0 Å². The van der Waals surface area contributed by atoms with Gasteiger partial charge in [0, 0.05) is 25.5 Å². The Morgan fingerprint density at radius 1 is 1.67 bits per heavy atom. The Labute approximate surface area is 89.3 Å². The van der Waals surface area contributed by atoms with Crippen molar-refractivity contribution in [3.05, 3.63) is 18.2 Å². The Kier molecular flexibility index (Phi) is 3.85. The molecule has 1 N–H and O–H groups in total. The lowest BCUT2D eigenvalue weighted by molar-refractivity contribution is -0.139. The summed E-state index contributed by atoms with van der Waals surface area (Å²) in [6, 6.07) is 0.192. The molecule has 0 spiro atoms. The van der Waals surface area contributed by atoms with Gasteiger partial charge in [0.05, 0.1) is 13.1 Å². The van der Waals surface area contributed by atoms with E-state index in [9.17, 15) is 4.79 Å². The van der Waals surface area contributed by atoms with E-state index in [1.807, 2.05) is 36.6 Å². The minimum absolute atomic E-state index is 0.0462. The Bertz CT molecular complexity index is 333. The molecular formula is C10H17N3O2. The minimum atomic E-state index is -0.807. The van der Waals surface area contributed by atoms with E-state index in [0.717, 1.165) is 5.82 Å². The van der Waals surface area contributed by atoms with Crippen LogP contribution in [0.4, 0.5) is 0 Å². The monoisotopic (exact) mass is 211 g/mol. The van der Waals surface area contributed by atoms with Crippen molar-refractivity contribution in [2.45, 2.75) is 26.4 Å². The summed E-state index contributed by atoms with van der Waals surface area (Å²) in [6.07, 6.45) is 3.57. The van der Waals surface area contributed by atoms with Gasteiger partial charge in [-0.15, -0.1) is 0 Å². The van der Waals surface area contributed by atoms with Gasteiger partial charge in [-0.3, -0.25) is 9.69 Å². The number of rotatable bonds is 5. The van der Waals surface area contributed by atoms with Crippen molar-refractivity contribution in [3.8, 4) is 0 Å². The molecule has 1 heterocycles. The molecule has 84 valence electrons. The average Bonchev–Trinajstić information content (AvgIpc) is 2.50. The number of hydrogen-bond donors (Lipinski definition) is 1. The summed E-state index contributed by atoms with van der Waals surface area (Å²) in [4.78, 5) is 16.7. The quantitative estimate of drug-likeness (QED) is 0.779. The standard InChI is InChI=1S/C10H17N3O2/c1-8(2)13(7-10(14)15)6-9-11-4-5-12(9)3/h4-5,8H,6-7H2,1-3H3,(H,14,15).